The van der Waals surface area contributed by atoms with Crippen molar-refractivity contribution in [3.05, 3.63) is 24.3 Å². The zero-order valence-corrected chi connectivity index (χ0v) is 12.6. The largest absolute Gasteiger partial charge is 0.379 e. The fourth-order valence-corrected chi connectivity index (χ4v) is 2.64. The second kappa shape index (κ2) is 8.29. The van der Waals surface area contributed by atoms with Crippen molar-refractivity contribution >= 4 is 0 Å². The molecule has 1 atom stereocenters. The molecule has 2 rings (SSSR count). The van der Waals surface area contributed by atoms with Crippen LogP contribution in [0, 0.1) is 5.92 Å². The van der Waals surface area contributed by atoms with Crippen LogP contribution in [0.15, 0.2) is 18.6 Å². The molecule has 1 saturated heterocycles. The number of hydrogen-bond acceptors (Lipinski definition) is 5. The molecule has 5 heteroatoms. The summed E-state index contributed by atoms with van der Waals surface area (Å²) in [7, 11) is 0. The van der Waals surface area contributed by atoms with Crippen LogP contribution in [-0.2, 0) is 11.3 Å². The number of aromatic nitrogens is 2. The van der Waals surface area contributed by atoms with E-state index in [9.17, 15) is 0 Å². The van der Waals surface area contributed by atoms with Gasteiger partial charge in [0.05, 0.1) is 18.9 Å². The van der Waals surface area contributed by atoms with Crippen molar-refractivity contribution in [3.63, 3.8) is 0 Å². The molecule has 0 saturated carbocycles. The summed E-state index contributed by atoms with van der Waals surface area (Å²) in [6, 6.07) is 0.579. The maximum absolute atomic E-state index is 5.45. The summed E-state index contributed by atoms with van der Waals surface area (Å²) in [5.74, 6) is 0.709. The van der Waals surface area contributed by atoms with Gasteiger partial charge in [0.2, 0.25) is 0 Å². The average molecular weight is 278 g/mol. The molecular formula is C15H26N4O. The van der Waals surface area contributed by atoms with Crippen LogP contribution in [0.25, 0.3) is 0 Å². The minimum Gasteiger partial charge on any atom is -0.379 e. The van der Waals surface area contributed by atoms with Gasteiger partial charge in [0.1, 0.15) is 0 Å². The van der Waals surface area contributed by atoms with Crippen molar-refractivity contribution in [1.29, 1.82) is 0 Å². The van der Waals surface area contributed by atoms with Crippen molar-refractivity contribution in [2.45, 2.75) is 32.9 Å². The monoisotopic (exact) mass is 278 g/mol. The SMILES string of the molecule is CC(C)CC(CNCc1cnccn1)N1CCOCC1. The van der Waals surface area contributed by atoms with Crippen molar-refractivity contribution in [3.8, 4) is 0 Å². The van der Waals surface area contributed by atoms with Crippen LogP contribution in [-0.4, -0.2) is 53.8 Å². The molecular weight excluding hydrogens is 252 g/mol. The Hall–Kier alpha value is -1.04. The van der Waals surface area contributed by atoms with Crippen LogP contribution in [0.3, 0.4) is 0 Å². The van der Waals surface area contributed by atoms with E-state index in [0.717, 1.165) is 45.1 Å². The van der Waals surface area contributed by atoms with Gasteiger partial charge in [-0.1, -0.05) is 13.8 Å². The standard InChI is InChI=1S/C15H26N4O/c1-13(2)9-15(19-5-7-20-8-6-19)12-17-11-14-10-16-3-4-18-14/h3-4,10,13,15,17H,5-9,11-12H2,1-2H3. The van der Waals surface area contributed by atoms with Crippen LogP contribution in [0.4, 0.5) is 0 Å². The first kappa shape index (κ1) is 15.4. The zero-order chi connectivity index (χ0) is 14.2. The Morgan fingerprint density at radius 3 is 2.75 bits per heavy atom. The second-order valence-electron chi connectivity index (χ2n) is 5.76. The Morgan fingerprint density at radius 1 is 1.30 bits per heavy atom. The second-order valence-corrected chi connectivity index (χ2v) is 5.76. The van der Waals surface area contributed by atoms with Gasteiger partial charge in [0.15, 0.2) is 0 Å². The molecule has 0 aliphatic carbocycles. The first-order valence-electron chi connectivity index (χ1n) is 7.53. The third kappa shape index (κ3) is 5.15. The molecule has 20 heavy (non-hydrogen) atoms. The minimum absolute atomic E-state index is 0.579. The molecule has 112 valence electrons. The van der Waals surface area contributed by atoms with Crippen molar-refractivity contribution in [1.82, 2.24) is 20.2 Å². The van der Waals surface area contributed by atoms with Crippen LogP contribution in [0.5, 0.6) is 0 Å². The maximum Gasteiger partial charge on any atom is 0.0724 e. The molecule has 5 nitrogen and oxygen atoms in total. The minimum atomic E-state index is 0.579. The molecule has 0 spiro atoms. The molecule has 1 aromatic heterocycles. The summed E-state index contributed by atoms with van der Waals surface area (Å²) in [5, 5.41) is 3.52. The summed E-state index contributed by atoms with van der Waals surface area (Å²) in [6.07, 6.45) is 6.48. The van der Waals surface area contributed by atoms with E-state index in [2.05, 4.69) is 34.0 Å². The zero-order valence-electron chi connectivity index (χ0n) is 12.6. The van der Waals surface area contributed by atoms with Gasteiger partial charge in [-0.3, -0.25) is 14.9 Å². The summed E-state index contributed by atoms with van der Waals surface area (Å²) in [4.78, 5) is 10.9. The van der Waals surface area contributed by atoms with E-state index in [1.165, 1.54) is 6.42 Å². The lowest BCUT2D eigenvalue weighted by Gasteiger charge is -2.35. The maximum atomic E-state index is 5.45. The van der Waals surface area contributed by atoms with Crippen LogP contribution in [0.2, 0.25) is 0 Å². The number of nitrogens with one attached hydrogen (secondary N) is 1. The fourth-order valence-electron chi connectivity index (χ4n) is 2.64. The van der Waals surface area contributed by atoms with Gasteiger partial charge < -0.3 is 10.1 Å². The third-order valence-electron chi connectivity index (χ3n) is 3.61. The molecule has 1 aliphatic heterocycles. The molecule has 2 heterocycles. The average Bonchev–Trinajstić information content (AvgIpc) is 2.48. The molecule has 0 radical (unpaired) electrons. The Morgan fingerprint density at radius 2 is 2.10 bits per heavy atom. The van der Waals surface area contributed by atoms with Gasteiger partial charge in [-0.25, -0.2) is 0 Å². The predicted molar refractivity (Wildman–Crippen MR) is 79.4 cm³/mol. The van der Waals surface area contributed by atoms with E-state index >= 15 is 0 Å². The number of ether oxygens (including phenoxy) is 1. The van der Waals surface area contributed by atoms with E-state index < -0.39 is 0 Å². The van der Waals surface area contributed by atoms with E-state index in [-0.39, 0.29) is 0 Å². The Bertz CT molecular complexity index is 365. The smallest absolute Gasteiger partial charge is 0.0724 e. The Balaban J connectivity index is 1.80. The normalized spacial score (nSPS) is 18.4. The quantitative estimate of drug-likeness (QED) is 0.815. The van der Waals surface area contributed by atoms with Gasteiger partial charge in [-0.15, -0.1) is 0 Å². The van der Waals surface area contributed by atoms with E-state index in [1.807, 2.05) is 6.20 Å². The topological polar surface area (TPSA) is 50.3 Å². The molecule has 1 unspecified atom stereocenters. The number of hydrogen-bond donors (Lipinski definition) is 1. The summed E-state index contributed by atoms with van der Waals surface area (Å²) >= 11 is 0. The van der Waals surface area contributed by atoms with Gasteiger partial charge in [0, 0.05) is 50.8 Å². The number of morpholine rings is 1. The van der Waals surface area contributed by atoms with Crippen LogP contribution in [0.1, 0.15) is 26.0 Å². The van der Waals surface area contributed by atoms with Crippen LogP contribution >= 0.6 is 0 Å². The van der Waals surface area contributed by atoms with Gasteiger partial charge in [-0.2, -0.15) is 0 Å². The highest BCUT2D eigenvalue weighted by atomic mass is 16.5. The highest BCUT2D eigenvalue weighted by Crippen LogP contribution is 2.13. The molecule has 0 amide bonds. The summed E-state index contributed by atoms with van der Waals surface area (Å²) < 4.78 is 5.45. The van der Waals surface area contributed by atoms with Crippen molar-refractivity contribution in [2.75, 3.05) is 32.8 Å². The number of nitrogens with zero attached hydrogens (tertiary/aromatic N) is 3. The summed E-state index contributed by atoms with van der Waals surface area (Å²) in [5.41, 5.74) is 0.998. The molecule has 1 N–H and O–H groups in total. The van der Waals surface area contributed by atoms with Gasteiger partial charge in [0.25, 0.3) is 0 Å². The van der Waals surface area contributed by atoms with E-state index in [0.29, 0.717) is 12.0 Å². The highest BCUT2D eigenvalue weighted by molar-refractivity contribution is 4.94. The third-order valence-corrected chi connectivity index (χ3v) is 3.61. The van der Waals surface area contributed by atoms with E-state index in [4.69, 9.17) is 4.74 Å². The lowest BCUT2D eigenvalue weighted by atomic mass is 10.0. The molecule has 0 aromatic carbocycles. The number of rotatable bonds is 7. The summed E-state index contributed by atoms with van der Waals surface area (Å²) in [6.45, 7) is 10.2. The Kier molecular flexibility index (Phi) is 6.36. The lowest BCUT2D eigenvalue weighted by Crippen LogP contribution is -2.48. The van der Waals surface area contributed by atoms with Crippen molar-refractivity contribution < 1.29 is 4.74 Å². The first-order chi connectivity index (χ1) is 9.75. The van der Waals surface area contributed by atoms with Crippen molar-refractivity contribution in [2.24, 2.45) is 5.92 Å². The highest BCUT2D eigenvalue weighted by Gasteiger charge is 2.21. The first-order valence-corrected chi connectivity index (χ1v) is 7.53. The van der Waals surface area contributed by atoms with Crippen LogP contribution < -0.4 is 5.32 Å². The molecule has 0 bridgehead atoms. The molecule has 1 aliphatic rings. The predicted octanol–water partition coefficient (Wildman–Crippen LogP) is 1.31. The van der Waals surface area contributed by atoms with Gasteiger partial charge in [-0.05, 0) is 12.3 Å². The lowest BCUT2D eigenvalue weighted by molar-refractivity contribution is 0.0123. The molecule has 1 aromatic rings. The van der Waals surface area contributed by atoms with Gasteiger partial charge >= 0.3 is 0 Å². The Labute approximate surface area is 121 Å². The fraction of sp³-hybridized carbons (Fsp3) is 0.733. The molecule has 1 fully saturated rings. The van der Waals surface area contributed by atoms with E-state index in [1.54, 1.807) is 12.4 Å².